The fraction of sp³-hybridized carbons (Fsp3) is 0.571. The Bertz CT molecular complexity index is 572. The molecule has 0 radical (unpaired) electrons. The fourth-order valence-corrected chi connectivity index (χ4v) is 4.30. The van der Waals surface area contributed by atoms with Gasteiger partial charge in [-0.05, 0) is 51.2 Å². The maximum Gasteiger partial charge on any atom is 0.241 e. The van der Waals surface area contributed by atoms with Crippen molar-refractivity contribution < 1.29 is 8.42 Å². The van der Waals surface area contributed by atoms with Crippen molar-refractivity contribution in [3.05, 3.63) is 28.8 Å². The molecule has 0 saturated heterocycles. The Morgan fingerprint density at radius 2 is 1.70 bits per heavy atom. The molecular formula is C14H23ClN2O2S. The molecule has 0 amide bonds. The predicted molar refractivity (Wildman–Crippen MR) is 83.9 cm³/mol. The highest BCUT2D eigenvalue weighted by atomic mass is 35.5. The molecule has 0 bridgehead atoms. The van der Waals surface area contributed by atoms with Crippen LogP contribution in [-0.4, -0.2) is 20.5 Å². The molecule has 0 heterocycles. The first-order valence-electron chi connectivity index (χ1n) is 6.60. The zero-order valence-corrected chi connectivity index (χ0v) is 13.8. The molecule has 0 aliphatic heterocycles. The van der Waals surface area contributed by atoms with Crippen LogP contribution in [0.5, 0.6) is 0 Å². The molecule has 0 aromatic heterocycles. The summed E-state index contributed by atoms with van der Waals surface area (Å²) >= 11 is 0. The largest absolute Gasteiger partial charge is 0.324 e. The molecule has 0 atom stereocenters. The molecule has 0 unspecified atom stereocenters. The van der Waals surface area contributed by atoms with Gasteiger partial charge < -0.3 is 5.73 Å². The molecule has 1 aromatic rings. The van der Waals surface area contributed by atoms with Gasteiger partial charge in [-0.15, -0.1) is 12.4 Å². The van der Waals surface area contributed by atoms with E-state index in [0.717, 1.165) is 36.0 Å². The lowest BCUT2D eigenvalue weighted by atomic mass is 9.78. The van der Waals surface area contributed by atoms with Gasteiger partial charge in [-0.3, -0.25) is 0 Å². The summed E-state index contributed by atoms with van der Waals surface area (Å²) in [6.45, 7) is 5.95. The van der Waals surface area contributed by atoms with Gasteiger partial charge in [-0.25, -0.2) is 13.1 Å². The van der Waals surface area contributed by atoms with E-state index in [-0.39, 0.29) is 17.9 Å². The Balaban J connectivity index is 0.00000200. The van der Waals surface area contributed by atoms with Gasteiger partial charge in [0.25, 0.3) is 0 Å². The third-order valence-electron chi connectivity index (χ3n) is 3.84. The van der Waals surface area contributed by atoms with Crippen molar-refractivity contribution in [2.24, 2.45) is 5.73 Å². The van der Waals surface area contributed by atoms with E-state index < -0.39 is 10.0 Å². The summed E-state index contributed by atoms with van der Waals surface area (Å²) in [5, 5.41) is 0. The van der Waals surface area contributed by atoms with E-state index in [2.05, 4.69) is 4.72 Å². The number of nitrogens with two attached hydrogens (primary N) is 1. The number of sulfonamides is 1. The van der Waals surface area contributed by atoms with Crippen molar-refractivity contribution in [1.29, 1.82) is 0 Å². The number of rotatable bonds is 4. The van der Waals surface area contributed by atoms with Crippen molar-refractivity contribution in [2.45, 2.75) is 50.5 Å². The van der Waals surface area contributed by atoms with E-state index in [1.54, 1.807) is 0 Å². The van der Waals surface area contributed by atoms with Gasteiger partial charge in [0.1, 0.15) is 0 Å². The minimum absolute atomic E-state index is 0. The SMILES string of the molecule is Cc1cc(C)c(S(=O)(=O)NCC2(N)CCC2)c(C)c1.Cl. The number of hydrogen-bond donors (Lipinski definition) is 2. The Morgan fingerprint density at radius 3 is 2.10 bits per heavy atom. The van der Waals surface area contributed by atoms with Crippen LogP contribution in [0, 0.1) is 20.8 Å². The Kier molecular flexibility index (Phi) is 5.24. The summed E-state index contributed by atoms with van der Waals surface area (Å²) in [5.74, 6) is 0. The average Bonchev–Trinajstić information content (AvgIpc) is 2.22. The molecule has 2 rings (SSSR count). The smallest absolute Gasteiger partial charge is 0.241 e. The average molecular weight is 319 g/mol. The molecule has 114 valence electrons. The van der Waals surface area contributed by atoms with Crippen LogP contribution in [0.25, 0.3) is 0 Å². The van der Waals surface area contributed by atoms with Gasteiger partial charge in [-0.2, -0.15) is 0 Å². The lowest BCUT2D eigenvalue weighted by molar-refractivity contribution is 0.251. The molecule has 4 nitrogen and oxygen atoms in total. The maximum absolute atomic E-state index is 12.4. The number of aryl methyl sites for hydroxylation is 3. The summed E-state index contributed by atoms with van der Waals surface area (Å²) < 4.78 is 27.5. The van der Waals surface area contributed by atoms with Crippen LogP contribution in [0.3, 0.4) is 0 Å². The molecule has 1 aliphatic carbocycles. The highest BCUT2D eigenvalue weighted by Gasteiger charge is 2.34. The fourth-order valence-electron chi connectivity index (χ4n) is 2.71. The van der Waals surface area contributed by atoms with Crippen molar-refractivity contribution in [2.75, 3.05) is 6.54 Å². The summed E-state index contributed by atoms with van der Waals surface area (Å²) in [6, 6.07) is 3.78. The predicted octanol–water partition coefficient (Wildman–Crippen LogP) is 2.19. The van der Waals surface area contributed by atoms with Gasteiger partial charge in [-0.1, -0.05) is 17.7 Å². The van der Waals surface area contributed by atoms with Crippen LogP contribution in [0.15, 0.2) is 17.0 Å². The lowest BCUT2D eigenvalue weighted by Crippen LogP contribution is -2.54. The zero-order valence-electron chi connectivity index (χ0n) is 12.2. The molecule has 1 saturated carbocycles. The summed E-state index contributed by atoms with van der Waals surface area (Å²) in [7, 11) is -3.48. The summed E-state index contributed by atoms with van der Waals surface area (Å²) in [5.41, 5.74) is 8.35. The maximum atomic E-state index is 12.4. The number of benzene rings is 1. The van der Waals surface area contributed by atoms with Gasteiger partial charge in [0, 0.05) is 12.1 Å². The van der Waals surface area contributed by atoms with Crippen LogP contribution in [0.1, 0.15) is 36.0 Å². The first-order valence-corrected chi connectivity index (χ1v) is 8.08. The van der Waals surface area contributed by atoms with Crippen LogP contribution in [0.2, 0.25) is 0 Å². The highest BCUT2D eigenvalue weighted by Crippen LogP contribution is 2.29. The van der Waals surface area contributed by atoms with Crippen LogP contribution in [0.4, 0.5) is 0 Å². The Labute approximate surface area is 127 Å². The van der Waals surface area contributed by atoms with Crippen molar-refractivity contribution in [1.82, 2.24) is 4.72 Å². The van der Waals surface area contributed by atoms with Crippen molar-refractivity contribution in [3.63, 3.8) is 0 Å². The van der Waals surface area contributed by atoms with E-state index in [0.29, 0.717) is 11.4 Å². The molecular weight excluding hydrogens is 296 g/mol. The first kappa shape index (κ1) is 17.4. The second kappa shape index (κ2) is 6.02. The number of hydrogen-bond acceptors (Lipinski definition) is 3. The lowest BCUT2D eigenvalue weighted by Gasteiger charge is -2.38. The quantitative estimate of drug-likeness (QED) is 0.894. The van der Waals surface area contributed by atoms with Gasteiger partial charge in [0.15, 0.2) is 0 Å². The normalized spacial score (nSPS) is 17.2. The molecule has 1 aliphatic rings. The molecule has 20 heavy (non-hydrogen) atoms. The minimum Gasteiger partial charge on any atom is -0.324 e. The van der Waals surface area contributed by atoms with Gasteiger partial charge >= 0.3 is 0 Å². The third kappa shape index (κ3) is 3.52. The summed E-state index contributed by atoms with van der Waals surface area (Å²) in [4.78, 5) is 0.390. The highest BCUT2D eigenvalue weighted by molar-refractivity contribution is 7.89. The van der Waals surface area contributed by atoms with Crippen LogP contribution in [-0.2, 0) is 10.0 Å². The second-order valence-electron chi connectivity index (χ2n) is 5.77. The van der Waals surface area contributed by atoms with Crippen molar-refractivity contribution in [3.8, 4) is 0 Å². The van der Waals surface area contributed by atoms with Crippen molar-refractivity contribution >= 4 is 22.4 Å². The van der Waals surface area contributed by atoms with E-state index in [4.69, 9.17) is 5.73 Å². The van der Waals surface area contributed by atoms with E-state index in [1.807, 2.05) is 32.9 Å². The van der Waals surface area contributed by atoms with Crippen LogP contribution >= 0.6 is 12.4 Å². The minimum atomic E-state index is -3.48. The Hall–Kier alpha value is -0.620. The molecule has 1 fully saturated rings. The number of halogens is 1. The molecule has 1 aromatic carbocycles. The molecule has 0 spiro atoms. The summed E-state index contributed by atoms with van der Waals surface area (Å²) in [6.07, 6.45) is 2.86. The number of nitrogens with one attached hydrogen (secondary N) is 1. The van der Waals surface area contributed by atoms with E-state index in [1.165, 1.54) is 0 Å². The standard InChI is InChI=1S/C14H22N2O2S.ClH/c1-10-7-11(2)13(12(3)8-10)19(17,18)16-9-14(15)5-4-6-14;/h7-8,16H,4-6,9,15H2,1-3H3;1H. The molecule has 3 N–H and O–H groups in total. The third-order valence-corrected chi connectivity index (χ3v) is 5.54. The van der Waals surface area contributed by atoms with E-state index in [9.17, 15) is 8.42 Å². The zero-order chi connectivity index (χ0) is 14.3. The second-order valence-corrected chi connectivity index (χ2v) is 7.47. The van der Waals surface area contributed by atoms with Gasteiger partial charge in [0.2, 0.25) is 10.0 Å². The topological polar surface area (TPSA) is 72.2 Å². The van der Waals surface area contributed by atoms with Crippen LogP contribution < -0.4 is 10.5 Å². The first-order chi connectivity index (χ1) is 8.73. The van der Waals surface area contributed by atoms with Gasteiger partial charge in [0.05, 0.1) is 4.90 Å². The van der Waals surface area contributed by atoms with E-state index >= 15 is 0 Å². The monoisotopic (exact) mass is 318 g/mol. The Morgan fingerprint density at radius 1 is 1.20 bits per heavy atom. The molecule has 6 heteroatoms.